The number of benzene rings is 2. The average Bonchev–Trinajstić information content (AvgIpc) is 3.37. The van der Waals surface area contributed by atoms with E-state index in [0.717, 1.165) is 6.42 Å². The van der Waals surface area contributed by atoms with Gasteiger partial charge in [0.2, 0.25) is 5.76 Å². The normalized spacial score (nSPS) is 15.6. The van der Waals surface area contributed by atoms with Crippen LogP contribution in [0.5, 0.6) is 0 Å². The lowest BCUT2D eigenvalue weighted by molar-refractivity contribution is 0.0285. The lowest BCUT2D eigenvalue weighted by Gasteiger charge is -2.26. The molecule has 0 radical (unpaired) electrons. The van der Waals surface area contributed by atoms with Crippen molar-refractivity contribution in [2.24, 2.45) is 0 Å². The molecular formula is C26H25N3O6. The predicted octanol–water partition coefficient (Wildman–Crippen LogP) is 3.55. The smallest absolute Gasteiger partial charge is 0.291 e. The van der Waals surface area contributed by atoms with Crippen LogP contribution in [0.1, 0.15) is 61.4 Å². The third-order valence-corrected chi connectivity index (χ3v) is 6.29. The van der Waals surface area contributed by atoms with Gasteiger partial charge in [-0.25, -0.2) is 0 Å². The average molecular weight is 476 g/mol. The van der Waals surface area contributed by atoms with Crippen molar-refractivity contribution in [3.8, 4) is 0 Å². The number of morpholine rings is 1. The molecule has 4 amide bonds. The topological polar surface area (TPSA) is 109 Å². The highest BCUT2D eigenvalue weighted by molar-refractivity contribution is 6.22. The number of nitrogens with one attached hydrogen (secondary N) is 1. The van der Waals surface area contributed by atoms with Crippen LogP contribution in [0, 0.1) is 0 Å². The minimum absolute atomic E-state index is 0.0413. The van der Waals surface area contributed by atoms with Crippen molar-refractivity contribution in [2.45, 2.75) is 19.8 Å². The Morgan fingerprint density at radius 1 is 1.00 bits per heavy atom. The number of anilines is 1. The van der Waals surface area contributed by atoms with Gasteiger partial charge in [0.15, 0.2) is 0 Å². The maximum atomic E-state index is 13.2. The van der Waals surface area contributed by atoms with Crippen molar-refractivity contribution in [1.82, 2.24) is 9.80 Å². The number of furan rings is 1. The minimum Gasteiger partial charge on any atom is -0.449 e. The summed E-state index contributed by atoms with van der Waals surface area (Å²) in [4.78, 5) is 54.7. The number of carbonyl (C=O) groups excluding carboxylic acids is 4. The molecule has 0 atom stereocenters. The molecule has 2 aliphatic rings. The van der Waals surface area contributed by atoms with Gasteiger partial charge in [0.1, 0.15) is 11.3 Å². The van der Waals surface area contributed by atoms with Crippen LogP contribution in [0.25, 0.3) is 11.0 Å². The first kappa shape index (κ1) is 22.8. The molecule has 9 heteroatoms. The van der Waals surface area contributed by atoms with E-state index >= 15 is 0 Å². The van der Waals surface area contributed by atoms with Crippen molar-refractivity contribution in [2.75, 3.05) is 38.2 Å². The fourth-order valence-corrected chi connectivity index (χ4v) is 4.37. The third-order valence-electron chi connectivity index (χ3n) is 6.29. The van der Waals surface area contributed by atoms with Crippen LogP contribution in [-0.2, 0) is 4.74 Å². The molecule has 1 fully saturated rings. The Labute approximate surface area is 201 Å². The number of imide groups is 1. The molecule has 9 nitrogen and oxygen atoms in total. The molecule has 0 aliphatic carbocycles. The molecule has 35 heavy (non-hydrogen) atoms. The van der Waals surface area contributed by atoms with Crippen LogP contribution >= 0.6 is 0 Å². The van der Waals surface area contributed by atoms with E-state index in [1.807, 2.05) is 6.92 Å². The van der Waals surface area contributed by atoms with Gasteiger partial charge in [0, 0.05) is 30.6 Å². The molecule has 3 heterocycles. The Kier molecular flexibility index (Phi) is 6.08. The molecular weight excluding hydrogens is 450 g/mol. The van der Waals surface area contributed by atoms with Crippen molar-refractivity contribution in [1.29, 1.82) is 0 Å². The van der Waals surface area contributed by atoms with Crippen LogP contribution in [0.4, 0.5) is 5.69 Å². The summed E-state index contributed by atoms with van der Waals surface area (Å²) < 4.78 is 11.2. The maximum Gasteiger partial charge on any atom is 0.291 e. The number of hydrogen-bond acceptors (Lipinski definition) is 6. The number of unbranched alkanes of at least 4 members (excludes halogenated alkanes) is 1. The van der Waals surface area contributed by atoms with Gasteiger partial charge < -0.3 is 19.4 Å². The molecule has 2 aromatic carbocycles. The standard InChI is InChI=1S/C26H25N3O6/c1-2-3-10-29-24(31)17-9-8-16(15-19(17)25(29)32)23(30)27-21-18-6-4-5-7-20(18)35-22(21)26(33)28-11-13-34-14-12-28/h4-9,15H,2-3,10-14H2,1H3,(H,27,30). The van der Waals surface area contributed by atoms with Gasteiger partial charge in [0.05, 0.1) is 24.3 Å². The summed E-state index contributed by atoms with van der Waals surface area (Å²) in [6.45, 7) is 4.06. The fourth-order valence-electron chi connectivity index (χ4n) is 4.37. The zero-order valence-electron chi connectivity index (χ0n) is 19.3. The van der Waals surface area contributed by atoms with Crippen LogP contribution < -0.4 is 5.32 Å². The van der Waals surface area contributed by atoms with Crippen molar-refractivity contribution >= 4 is 40.3 Å². The summed E-state index contributed by atoms with van der Waals surface area (Å²) in [6, 6.07) is 11.5. The molecule has 5 rings (SSSR count). The number of nitrogens with zero attached hydrogens (tertiary/aromatic N) is 2. The van der Waals surface area contributed by atoms with Gasteiger partial charge in [-0.15, -0.1) is 0 Å². The van der Waals surface area contributed by atoms with E-state index in [4.69, 9.17) is 9.15 Å². The Hall–Kier alpha value is -3.98. The quantitative estimate of drug-likeness (QED) is 0.546. The number of ether oxygens (including phenoxy) is 1. The monoisotopic (exact) mass is 475 g/mol. The summed E-state index contributed by atoms with van der Waals surface area (Å²) >= 11 is 0. The Bertz CT molecular complexity index is 1340. The SMILES string of the molecule is CCCCN1C(=O)c2ccc(C(=O)Nc3c(C(=O)N4CCOCC4)oc4ccccc34)cc2C1=O. The Balaban J connectivity index is 1.45. The summed E-state index contributed by atoms with van der Waals surface area (Å²) in [6.07, 6.45) is 1.57. The second kappa shape index (κ2) is 9.34. The Morgan fingerprint density at radius 3 is 2.51 bits per heavy atom. The highest BCUT2D eigenvalue weighted by Gasteiger charge is 2.36. The highest BCUT2D eigenvalue weighted by atomic mass is 16.5. The molecule has 1 saturated heterocycles. The van der Waals surface area contributed by atoms with Crippen LogP contribution in [0.2, 0.25) is 0 Å². The lowest BCUT2D eigenvalue weighted by atomic mass is 10.0. The molecule has 1 N–H and O–H groups in total. The number of hydrogen-bond donors (Lipinski definition) is 1. The van der Waals surface area contributed by atoms with E-state index in [9.17, 15) is 19.2 Å². The second-order valence-corrected chi connectivity index (χ2v) is 8.54. The zero-order valence-corrected chi connectivity index (χ0v) is 19.3. The number of rotatable bonds is 6. The minimum atomic E-state index is -0.511. The summed E-state index contributed by atoms with van der Waals surface area (Å²) in [5.41, 5.74) is 1.45. The summed E-state index contributed by atoms with van der Waals surface area (Å²) in [5, 5.41) is 3.40. The molecule has 3 aromatic rings. The molecule has 0 spiro atoms. The van der Waals surface area contributed by atoms with E-state index in [1.165, 1.54) is 23.1 Å². The van der Waals surface area contributed by atoms with E-state index in [1.54, 1.807) is 29.2 Å². The molecule has 0 unspecified atom stereocenters. The fraction of sp³-hybridized carbons (Fsp3) is 0.308. The zero-order chi connectivity index (χ0) is 24.5. The predicted molar refractivity (Wildman–Crippen MR) is 128 cm³/mol. The molecule has 0 saturated carbocycles. The first-order valence-corrected chi connectivity index (χ1v) is 11.7. The van der Waals surface area contributed by atoms with Crippen LogP contribution in [0.3, 0.4) is 0 Å². The maximum absolute atomic E-state index is 13.2. The molecule has 1 aromatic heterocycles. The summed E-state index contributed by atoms with van der Waals surface area (Å²) in [7, 11) is 0. The van der Waals surface area contributed by atoms with E-state index < -0.39 is 11.8 Å². The van der Waals surface area contributed by atoms with E-state index in [2.05, 4.69) is 5.32 Å². The third kappa shape index (κ3) is 4.08. The lowest BCUT2D eigenvalue weighted by Crippen LogP contribution is -2.40. The van der Waals surface area contributed by atoms with E-state index in [-0.39, 0.29) is 34.4 Å². The van der Waals surface area contributed by atoms with Gasteiger partial charge in [-0.2, -0.15) is 0 Å². The Morgan fingerprint density at radius 2 is 1.74 bits per heavy atom. The number of para-hydroxylation sites is 1. The van der Waals surface area contributed by atoms with Crippen molar-refractivity contribution in [3.63, 3.8) is 0 Å². The van der Waals surface area contributed by atoms with Gasteiger partial charge in [-0.3, -0.25) is 24.1 Å². The molecule has 180 valence electrons. The largest absolute Gasteiger partial charge is 0.449 e. The number of fused-ring (bicyclic) bond motifs is 2. The van der Waals surface area contributed by atoms with Crippen molar-refractivity contribution in [3.05, 3.63) is 64.9 Å². The number of amides is 4. The first-order chi connectivity index (χ1) is 17.0. The van der Waals surface area contributed by atoms with Crippen LogP contribution in [-0.4, -0.2) is 66.3 Å². The highest BCUT2D eigenvalue weighted by Crippen LogP contribution is 2.33. The second-order valence-electron chi connectivity index (χ2n) is 8.54. The molecule has 0 bridgehead atoms. The first-order valence-electron chi connectivity index (χ1n) is 11.7. The van der Waals surface area contributed by atoms with Gasteiger partial charge >= 0.3 is 0 Å². The van der Waals surface area contributed by atoms with Crippen LogP contribution in [0.15, 0.2) is 46.9 Å². The molecule has 2 aliphatic heterocycles. The van der Waals surface area contributed by atoms with Gasteiger partial charge in [-0.05, 0) is 36.8 Å². The van der Waals surface area contributed by atoms with Gasteiger partial charge in [-0.1, -0.05) is 25.5 Å². The van der Waals surface area contributed by atoms with Gasteiger partial charge in [0.25, 0.3) is 23.6 Å². The van der Waals surface area contributed by atoms with E-state index in [0.29, 0.717) is 55.8 Å². The summed E-state index contributed by atoms with van der Waals surface area (Å²) in [5.74, 6) is -1.54. The number of carbonyl (C=O) groups is 4. The van der Waals surface area contributed by atoms with Crippen molar-refractivity contribution < 1.29 is 28.3 Å².